The van der Waals surface area contributed by atoms with Crippen LogP contribution in [-0.2, 0) is 9.59 Å². The minimum atomic E-state index is -0.237. The van der Waals surface area contributed by atoms with Crippen molar-refractivity contribution in [3.63, 3.8) is 0 Å². The van der Waals surface area contributed by atoms with Gasteiger partial charge in [-0.05, 0) is 26.1 Å². The van der Waals surface area contributed by atoms with Crippen molar-refractivity contribution in [2.24, 2.45) is 5.92 Å². The minimum absolute atomic E-state index is 0.0256. The highest BCUT2D eigenvalue weighted by Crippen LogP contribution is 2.32. The zero-order chi connectivity index (χ0) is 17.5. The summed E-state index contributed by atoms with van der Waals surface area (Å²) in [5.74, 6) is 0.843. The Morgan fingerprint density at radius 1 is 1.25 bits per heavy atom. The summed E-state index contributed by atoms with van der Waals surface area (Å²) in [6.45, 7) is 5.82. The molecule has 1 aliphatic heterocycles. The predicted octanol–water partition coefficient (Wildman–Crippen LogP) is 1.10. The first-order valence-corrected chi connectivity index (χ1v) is 8.18. The molecule has 1 aliphatic rings. The van der Waals surface area contributed by atoms with Crippen molar-refractivity contribution in [1.82, 2.24) is 10.2 Å². The van der Waals surface area contributed by atoms with E-state index in [2.05, 4.69) is 10.6 Å². The number of ether oxygens (including phenoxy) is 2. The van der Waals surface area contributed by atoms with Crippen LogP contribution < -0.4 is 20.1 Å². The van der Waals surface area contributed by atoms with Crippen LogP contribution in [0, 0.1) is 5.92 Å². The smallest absolute Gasteiger partial charge is 0.243 e. The zero-order valence-corrected chi connectivity index (χ0v) is 14.4. The molecule has 132 valence electrons. The number of likely N-dealkylation sites (N-methyl/N-ethyl adjacent to an activating group) is 1. The molecule has 0 radical (unpaired) electrons. The highest BCUT2D eigenvalue weighted by molar-refractivity contribution is 5.95. The summed E-state index contributed by atoms with van der Waals surface area (Å²) in [5.41, 5.74) is 0.621. The van der Waals surface area contributed by atoms with Crippen molar-refractivity contribution < 1.29 is 19.1 Å². The van der Waals surface area contributed by atoms with Crippen LogP contribution in [0.4, 0.5) is 5.69 Å². The molecule has 0 aliphatic carbocycles. The van der Waals surface area contributed by atoms with Crippen LogP contribution in [0.2, 0.25) is 0 Å². The normalized spacial score (nSPS) is 14.0. The van der Waals surface area contributed by atoms with Crippen LogP contribution in [0.1, 0.15) is 13.8 Å². The number of benzene rings is 1. The van der Waals surface area contributed by atoms with Gasteiger partial charge < -0.3 is 25.0 Å². The monoisotopic (exact) mass is 335 g/mol. The first-order chi connectivity index (χ1) is 11.5. The lowest BCUT2D eigenvalue weighted by atomic mass is 10.1. The third kappa shape index (κ3) is 4.61. The maximum absolute atomic E-state index is 12.3. The van der Waals surface area contributed by atoms with Gasteiger partial charge in [0.25, 0.3) is 0 Å². The maximum Gasteiger partial charge on any atom is 0.243 e. The summed E-state index contributed by atoms with van der Waals surface area (Å²) < 4.78 is 10.9. The highest BCUT2D eigenvalue weighted by Gasteiger charge is 2.21. The average molecular weight is 335 g/mol. The van der Waals surface area contributed by atoms with E-state index in [1.807, 2.05) is 13.8 Å². The van der Waals surface area contributed by atoms with E-state index in [1.165, 1.54) is 0 Å². The van der Waals surface area contributed by atoms with Gasteiger partial charge in [-0.2, -0.15) is 0 Å². The van der Waals surface area contributed by atoms with E-state index in [9.17, 15) is 9.59 Å². The molecule has 1 unspecified atom stereocenters. The van der Waals surface area contributed by atoms with Crippen molar-refractivity contribution in [3.05, 3.63) is 18.2 Å². The molecule has 0 saturated heterocycles. The van der Waals surface area contributed by atoms with Crippen molar-refractivity contribution in [2.75, 3.05) is 45.2 Å². The second-order valence-electron chi connectivity index (χ2n) is 5.72. The summed E-state index contributed by atoms with van der Waals surface area (Å²) in [5, 5.41) is 5.77. The van der Waals surface area contributed by atoms with Crippen LogP contribution in [0.5, 0.6) is 11.5 Å². The van der Waals surface area contributed by atoms with Crippen molar-refractivity contribution in [2.45, 2.75) is 13.8 Å². The third-order valence-electron chi connectivity index (χ3n) is 3.79. The second-order valence-corrected chi connectivity index (χ2v) is 5.72. The summed E-state index contributed by atoms with van der Waals surface area (Å²) in [6.07, 6.45) is 0. The fraction of sp³-hybridized carbons (Fsp3) is 0.529. The minimum Gasteiger partial charge on any atom is -0.486 e. The van der Waals surface area contributed by atoms with Gasteiger partial charge >= 0.3 is 0 Å². The molecule has 7 heteroatoms. The molecule has 2 N–H and O–H groups in total. The Bertz CT molecular complexity index is 591. The first kappa shape index (κ1) is 18.1. The number of hydrogen-bond acceptors (Lipinski definition) is 5. The average Bonchev–Trinajstić information content (AvgIpc) is 2.59. The van der Waals surface area contributed by atoms with Crippen LogP contribution in [0.25, 0.3) is 0 Å². The molecule has 0 bridgehead atoms. The standard InChI is InChI=1S/C17H25N3O4/c1-4-20(17(22)12(2)10-18-3)11-16(21)19-13-5-6-14-15(9-13)24-8-7-23-14/h5-6,9,12,18H,4,7-8,10-11H2,1-3H3,(H,19,21). The SMILES string of the molecule is CCN(CC(=O)Nc1ccc2c(c1)OCCO2)C(=O)C(C)CNC. The quantitative estimate of drug-likeness (QED) is 0.780. The van der Waals surface area contributed by atoms with Gasteiger partial charge in [-0.25, -0.2) is 0 Å². The van der Waals surface area contributed by atoms with Gasteiger partial charge in [0.2, 0.25) is 11.8 Å². The zero-order valence-electron chi connectivity index (χ0n) is 14.4. The van der Waals surface area contributed by atoms with E-state index in [1.54, 1.807) is 30.1 Å². The molecular weight excluding hydrogens is 310 g/mol. The van der Waals surface area contributed by atoms with Crippen LogP contribution in [-0.4, -0.2) is 56.6 Å². The van der Waals surface area contributed by atoms with Gasteiger partial charge in [0, 0.05) is 30.8 Å². The predicted molar refractivity (Wildman–Crippen MR) is 91.4 cm³/mol. The molecule has 0 aromatic heterocycles. The van der Waals surface area contributed by atoms with Crippen LogP contribution in [0.3, 0.4) is 0 Å². The Balaban J connectivity index is 1.95. The molecular formula is C17H25N3O4. The van der Waals surface area contributed by atoms with E-state index in [0.29, 0.717) is 43.5 Å². The third-order valence-corrected chi connectivity index (χ3v) is 3.79. The van der Waals surface area contributed by atoms with Crippen molar-refractivity contribution in [1.29, 1.82) is 0 Å². The summed E-state index contributed by atoms with van der Waals surface area (Å²) in [6, 6.07) is 5.25. The van der Waals surface area contributed by atoms with E-state index >= 15 is 0 Å². The van der Waals surface area contributed by atoms with Crippen LogP contribution >= 0.6 is 0 Å². The van der Waals surface area contributed by atoms with Crippen molar-refractivity contribution in [3.8, 4) is 11.5 Å². The number of fused-ring (bicyclic) bond motifs is 1. The lowest BCUT2D eigenvalue weighted by molar-refractivity contribution is -0.137. The summed E-state index contributed by atoms with van der Waals surface area (Å²) in [4.78, 5) is 26.1. The van der Waals surface area contributed by atoms with E-state index in [0.717, 1.165) is 0 Å². The Hall–Kier alpha value is -2.28. The molecule has 1 heterocycles. The molecule has 2 rings (SSSR count). The lowest BCUT2D eigenvalue weighted by Crippen LogP contribution is -2.42. The van der Waals surface area contributed by atoms with Gasteiger partial charge in [0.05, 0.1) is 6.54 Å². The number of carbonyl (C=O) groups excluding carboxylic acids is 2. The Labute approximate surface area is 142 Å². The molecule has 0 saturated carbocycles. The molecule has 0 fully saturated rings. The summed E-state index contributed by atoms with van der Waals surface area (Å²) in [7, 11) is 1.80. The number of hydrogen-bond donors (Lipinski definition) is 2. The topological polar surface area (TPSA) is 79.9 Å². The molecule has 0 spiro atoms. The number of nitrogens with zero attached hydrogens (tertiary/aromatic N) is 1. The van der Waals surface area contributed by atoms with Crippen molar-refractivity contribution >= 4 is 17.5 Å². The molecule has 7 nitrogen and oxygen atoms in total. The molecule has 2 amide bonds. The van der Waals surface area contributed by atoms with Crippen LogP contribution in [0.15, 0.2) is 18.2 Å². The second kappa shape index (κ2) is 8.54. The van der Waals surface area contributed by atoms with Gasteiger partial charge in [-0.1, -0.05) is 6.92 Å². The van der Waals surface area contributed by atoms with E-state index in [4.69, 9.17) is 9.47 Å². The molecule has 1 aromatic rings. The van der Waals surface area contributed by atoms with E-state index < -0.39 is 0 Å². The van der Waals surface area contributed by atoms with Gasteiger partial charge in [-0.3, -0.25) is 9.59 Å². The Morgan fingerprint density at radius 2 is 1.96 bits per heavy atom. The fourth-order valence-corrected chi connectivity index (χ4v) is 2.55. The Morgan fingerprint density at radius 3 is 2.62 bits per heavy atom. The first-order valence-electron chi connectivity index (χ1n) is 8.18. The number of rotatable bonds is 7. The lowest BCUT2D eigenvalue weighted by Gasteiger charge is -2.24. The molecule has 24 heavy (non-hydrogen) atoms. The number of anilines is 1. The number of carbonyl (C=O) groups is 2. The highest BCUT2D eigenvalue weighted by atomic mass is 16.6. The maximum atomic E-state index is 12.3. The number of amides is 2. The van der Waals surface area contributed by atoms with Gasteiger partial charge in [-0.15, -0.1) is 0 Å². The van der Waals surface area contributed by atoms with Gasteiger partial charge in [0.15, 0.2) is 11.5 Å². The molecule has 1 atom stereocenters. The fourth-order valence-electron chi connectivity index (χ4n) is 2.55. The Kier molecular flexibility index (Phi) is 6.43. The largest absolute Gasteiger partial charge is 0.486 e. The molecule has 1 aromatic carbocycles. The summed E-state index contributed by atoms with van der Waals surface area (Å²) >= 11 is 0. The van der Waals surface area contributed by atoms with E-state index in [-0.39, 0.29) is 24.3 Å². The number of nitrogens with one attached hydrogen (secondary N) is 2. The van der Waals surface area contributed by atoms with Gasteiger partial charge in [0.1, 0.15) is 13.2 Å².